The van der Waals surface area contributed by atoms with Gasteiger partial charge in [-0.05, 0) is 32.1 Å². The molecule has 3 heteroatoms. The number of ether oxygens (including phenoxy) is 1. The minimum Gasteiger partial charge on any atom is -0.393 e. The molecule has 0 radical (unpaired) electrons. The summed E-state index contributed by atoms with van der Waals surface area (Å²) >= 11 is 0. The molecule has 0 aromatic heterocycles. The molecule has 2 fully saturated rings. The average molecular weight is 213 g/mol. The van der Waals surface area contributed by atoms with Gasteiger partial charge in [0.2, 0.25) is 0 Å². The van der Waals surface area contributed by atoms with Crippen LogP contribution in [-0.2, 0) is 4.74 Å². The Hall–Kier alpha value is -0.120. The van der Waals surface area contributed by atoms with Crippen molar-refractivity contribution in [1.29, 1.82) is 0 Å². The third-order valence-electron chi connectivity index (χ3n) is 3.86. The Bertz CT molecular complexity index is 198. The Morgan fingerprint density at radius 3 is 2.93 bits per heavy atom. The lowest BCUT2D eigenvalue weighted by Gasteiger charge is -2.17. The Balaban J connectivity index is 1.65. The highest BCUT2D eigenvalue weighted by molar-refractivity contribution is 4.93. The number of fused-ring (bicyclic) bond motifs is 1. The van der Waals surface area contributed by atoms with E-state index < -0.39 is 0 Å². The van der Waals surface area contributed by atoms with Gasteiger partial charge in [0.15, 0.2) is 0 Å². The third kappa shape index (κ3) is 2.71. The van der Waals surface area contributed by atoms with Crippen molar-refractivity contribution in [3.05, 3.63) is 0 Å². The summed E-state index contributed by atoms with van der Waals surface area (Å²) in [6.07, 6.45) is 3.37. The maximum absolute atomic E-state index is 9.78. The van der Waals surface area contributed by atoms with Gasteiger partial charge in [-0.15, -0.1) is 0 Å². The van der Waals surface area contributed by atoms with Crippen molar-refractivity contribution in [3.63, 3.8) is 0 Å². The molecule has 2 rings (SSSR count). The van der Waals surface area contributed by atoms with Crippen molar-refractivity contribution < 1.29 is 9.84 Å². The van der Waals surface area contributed by atoms with Crippen molar-refractivity contribution in [1.82, 2.24) is 4.90 Å². The fourth-order valence-corrected chi connectivity index (χ4v) is 3.05. The molecule has 3 atom stereocenters. The molecule has 3 nitrogen and oxygen atoms in total. The summed E-state index contributed by atoms with van der Waals surface area (Å²) in [6.45, 7) is 7.19. The van der Waals surface area contributed by atoms with Crippen molar-refractivity contribution in [2.24, 2.45) is 11.8 Å². The first-order chi connectivity index (χ1) is 7.31. The Kier molecular flexibility index (Phi) is 4.00. The van der Waals surface area contributed by atoms with E-state index in [0.717, 1.165) is 45.1 Å². The van der Waals surface area contributed by atoms with Gasteiger partial charge >= 0.3 is 0 Å². The monoisotopic (exact) mass is 213 g/mol. The summed E-state index contributed by atoms with van der Waals surface area (Å²) in [4.78, 5) is 2.50. The number of aliphatic hydroxyl groups is 1. The molecule has 1 saturated carbocycles. The maximum Gasteiger partial charge on any atom is 0.0583 e. The summed E-state index contributed by atoms with van der Waals surface area (Å²) in [5.74, 6) is 1.34. The molecule has 3 unspecified atom stereocenters. The van der Waals surface area contributed by atoms with Gasteiger partial charge in [-0.2, -0.15) is 0 Å². The highest BCUT2D eigenvalue weighted by Crippen LogP contribution is 2.37. The van der Waals surface area contributed by atoms with E-state index in [-0.39, 0.29) is 6.10 Å². The van der Waals surface area contributed by atoms with Gasteiger partial charge in [-0.25, -0.2) is 0 Å². The van der Waals surface area contributed by atoms with E-state index in [4.69, 9.17) is 4.74 Å². The summed E-state index contributed by atoms with van der Waals surface area (Å²) in [6, 6.07) is 0. The van der Waals surface area contributed by atoms with Crippen LogP contribution in [0.25, 0.3) is 0 Å². The van der Waals surface area contributed by atoms with Crippen molar-refractivity contribution in [3.8, 4) is 0 Å². The molecule has 2 aliphatic rings. The highest BCUT2D eigenvalue weighted by Gasteiger charge is 2.41. The first-order valence-electron chi connectivity index (χ1n) is 6.29. The zero-order chi connectivity index (χ0) is 10.7. The van der Waals surface area contributed by atoms with E-state index in [9.17, 15) is 5.11 Å². The summed E-state index contributed by atoms with van der Waals surface area (Å²) in [7, 11) is 0. The lowest BCUT2D eigenvalue weighted by molar-refractivity contribution is 0.117. The number of hydrogen-bond donors (Lipinski definition) is 1. The van der Waals surface area contributed by atoms with Crippen LogP contribution in [-0.4, -0.2) is 49.0 Å². The molecule has 0 aromatic carbocycles. The second kappa shape index (κ2) is 5.28. The van der Waals surface area contributed by atoms with Crippen LogP contribution in [0.1, 0.15) is 26.2 Å². The molecule has 0 amide bonds. The van der Waals surface area contributed by atoms with Gasteiger partial charge in [-0.3, -0.25) is 0 Å². The molecule has 1 aliphatic carbocycles. The SMILES string of the molecule is CCOCCCN1CC2CCC(O)C2C1. The lowest BCUT2D eigenvalue weighted by Crippen LogP contribution is -2.26. The van der Waals surface area contributed by atoms with E-state index in [1.807, 2.05) is 6.92 Å². The van der Waals surface area contributed by atoms with E-state index in [1.165, 1.54) is 13.0 Å². The first-order valence-corrected chi connectivity index (χ1v) is 6.29. The molecule has 1 aliphatic heterocycles. The van der Waals surface area contributed by atoms with Crippen LogP contribution in [0.15, 0.2) is 0 Å². The Morgan fingerprint density at radius 2 is 2.20 bits per heavy atom. The number of rotatable bonds is 5. The summed E-state index contributed by atoms with van der Waals surface area (Å²) in [5, 5.41) is 9.78. The van der Waals surface area contributed by atoms with Crippen LogP contribution in [0.2, 0.25) is 0 Å². The smallest absolute Gasteiger partial charge is 0.0583 e. The second-order valence-corrected chi connectivity index (χ2v) is 4.88. The van der Waals surface area contributed by atoms with Gasteiger partial charge < -0.3 is 14.7 Å². The number of aliphatic hydroxyl groups excluding tert-OH is 1. The van der Waals surface area contributed by atoms with Crippen LogP contribution < -0.4 is 0 Å². The van der Waals surface area contributed by atoms with Crippen LogP contribution in [0, 0.1) is 11.8 Å². The Morgan fingerprint density at radius 1 is 1.33 bits per heavy atom. The maximum atomic E-state index is 9.78. The van der Waals surface area contributed by atoms with Crippen LogP contribution >= 0.6 is 0 Å². The predicted molar refractivity (Wildman–Crippen MR) is 59.8 cm³/mol. The van der Waals surface area contributed by atoms with Crippen molar-refractivity contribution >= 4 is 0 Å². The third-order valence-corrected chi connectivity index (χ3v) is 3.86. The van der Waals surface area contributed by atoms with Gasteiger partial charge in [-0.1, -0.05) is 0 Å². The standard InChI is InChI=1S/C12H23NO2/c1-2-15-7-3-6-13-8-10-4-5-12(14)11(10)9-13/h10-12,14H,2-9H2,1H3. The molecule has 15 heavy (non-hydrogen) atoms. The van der Waals surface area contributed by atoms with Crippen LogP contribution in [0.5, 0.6) is 0 Å². The molecule has 1 heterocycles. The van der Waals surface area contributed by atoms with Gasteiger partial charge in [0.1, 0.15) is 0 Å². The average Bonchev–Trinajstić information content (AvgIpc) is 2.76. The lowest BCUT2D eigenvalue weighted by atomic mass is 10.00. The topological polar surface area (TPSA) is 32.7 Å². The van der Waals surface area contributed by atoms with E-state index >= 15 is 0 Å². The molecule has 0 spiro atoms. The molecule has 88 valence electrons. The number of hydrogen-bond acceptors (Lipinski definition) is 3. The zero-order valence-corrected chi connectivity index (χ0v) is 9.69. The van der Waals surface area contributed by atoms with Gasteiger partial charge in [0.05, 0.1) is 6.10 Å². The zero-order valence-electron chi connectivity index (χ0n) is 9.69. The van der Waals surface area contributed by atoms with E-state index in [1.54, 1.807) is 0 Å². The molecular weight excluding hydrogens is 190 g/mol. The fourth-order valence-electron chi connectivity index (χ4n) is 3.05. The fraction of sp³-hybridized carbons (Fsp3) is 1.00. The van der Waals surface area contributed by atoms with Crippen LogP contribution in [0.3, 0.4) is 0 Å². The van der Waals surface area contributed by atoms with E-state index in [0.29, 0.717) is 5.92 Å². The Labute approximate surface area is 92.4 Å². The molecule has 0 aromatic rings. The second-order valence-electron chi connectivity index (χ2n) is 4.88. The van der Waals surface area contributed by atoms with Crippen LogP contribution in [0.4, 0.5) is 0 Å². The number of likely N-dealkylation sites (tertiary alicyclic amines) is 1. The molecule has 0 bridgehead atoms. The highest BCUT2D eigenvalue weighted by atomic mass is 16.5. The normalized spacial score (nSPS) is 36.0. The van der Waals surface area contributed by atoms with Gasteiger partial charge in [0, 0.05) is 38.8 Å². The minimum absolute atomic E-state index is 0.0214. The van der Waals surface area contributed by atoms with Crippen molar-refractivity contribution in [2.75, 3.05) is 32.8 Å². The summed E-state index contributed by atoms with van der Waals surface area (Å²) < 4.78 is 5.33. The summed E-state index contributed by atoms with van der Waals surface area (Å²) in [5.41, 5.74) is 0. The predicted octanol–water partition coefficient (Wildman–Crippen LogP) is 1.12. The molecular formula is C12H23NO2. The number of nitrogens with zero attached hydrogens (tertiary/aromatic N) is 1. The quantitative estimate of drug-likeness (QED) is 0.695. The molecule has 1 saturated heterocycles. The minimum atomic E-state index is -0.0214. The van der Waals surface area contributed by atoms with E-state index in [2.05, 4.69) is 4.90 Å². The first kappa shape index (κ1) is 11.4. The van der Waals surface area contributed by atoms with Gasteiger partial charge in [0.25, 0.3) is 0 Å². The van der Waals surface area contributed by atoms with Crippen molar-refractivity contribution in [2.45, 2.75) is 32.3 Å². The molecule has 1 N–H and O–H groups in total. The largest absolute Gasteiger partial charge is 0.393 e.